The molecule has 35 heavy (non-hydrogen) atoms. The third kappa shape index (κ3) is 4.71. The van der Waals surface area contributed by atoms with E-state index in [-0.39, 0.29) is 25.7 Å². The summed E-state index contributed by atoms with van der Waals surface area (Å²) in [5.41, 5.74) is 0. The summed E-state index contributed by atoms with van der Waals surface area (Å²) in [5, 5.41) is -5.71. The second kappa shape index (κ2) is 9.19. The molecule has 1 rings (SSSR count). The molecule has 0 saturated heterocycles. The van der Waals surface area contributed by atoms with E-state index in [4.69, 9.17) is 0 Å². The predicted octanol–water partition coefficient (Wildman–Crippen LogP) is 7.10. The van der Waals surface area contributed by atoms with Gasteiger partial charge in [0, 0.05) is 6.04 Å². The van der Waals surface area contributed by atoms with Crippen LogP contribution >= 0.6 is 11.6 Å². The van der Waals surface area contributed by atoms with Crippen molar-refractivity contribution in [2.24, 2.45) is 0 Å². The fourth-order valence-corrected chi connectivity index (χ4v) is 3.12. The smallest absolute Gasteiger partial charge is 0.348 e. The van der Waals surface area contributed by atoms with Crippen molar-refractivity contribution >= 4 is 17.5 Å². The first-order valence-corrected chi connectivity index (χ1v) is 9.65. The normalized spacial score (nSPS) is 18.9. The quantitative estimate of drug-likeness (QED) is 0.177. The van der Waals surface area contributed by atoms with Crippen LogP contribution in [0.1, 0.15) is 38.5 Å². The first-order chi connectivity index (χ1) is 15.2. The van der Waals surface area contributed by atoms with E-state index in [0.717, 1.165) is 5.32 Å². The molecule has 1 saturated carbocycles. The summed E-state index contributed by atoms with van der Waals surface area (Å²) in [6, 6.07) is -1.38. The van der Waals surface area contributed by atoms with Crippen LogP contribution in [0, 0.1) is 0 Å². The molecule has 1 aliphatic carbocycles. The van der Waals surface area contributed by atoms with Gasteiger partial charge in [-0.1, -0.05) is 25.7 Å². The highest BCUT2D eigenvalue weighted by atomic mass is 35.5. The maximum atomic E-state index is 13.9. The van der Waals surface area contributed by atoms with E-state index in [1.54, 1.807) is 0 Å². The van der Waals surface area contributed by atoms with E-state index in [1.165, 1.54) is 0 Å². The minimum Gasteiger partial charge on any atom is -0.348 e. The molecule has 1 fully saturated rings. The van der Waals surface area contributed by atoms with Gasteiger partial charge >= 0.3 is 46.8 Å². The summed E-state index contributed by atoms with van der Waals surface area (Å²) < 4.78 is 215. The van der Waals surface area contributed by atoms with Crippen LogP contribution in [0.5, 0.6) is 0 Å². The fraction of sp³-hybridized carbons (Fsp3) is 0.938. The van der Waals surface area contributed by atoms with Crippen LogP contribution in [0.15, 0.2) is 0 Å². The Morgan fingerprint density at radius 2 is 0.857 bits per heavy atom. The fourth-order valence-electron chi connectivity index (χ4n) is 3.01. The van der Waals surface area contributed by atoms with E-state index < -0.39 is 58.8 Å². The molecule has 0 aliphatic heterocycles. The summed E-state index contributed by atoms with van der Waals surface area (Å²) in [6.07, 6.45) is 1.01. The topological polar surface area (TPSA) is 29.1 Å². The molecule has 208 valence electrons. The number of carbonyl (C=O) groups is 1. The Morgan fingerprint density at radius 3 is 1.20 bits per heavy atom. The molecule has 1 amide bonds. The average molecular weight is 576 g/mol. The lowest BCUT2D eigenvalue weighted by molar-refractivity contribution is -0.446. The number of amides is 1. The van der Waals surface area contributed by atoms with Crippen LogP contribution in [-0.4, -0.2) is 58.8 Å². The number of halogens is 17. The molecule has 0 aromatic rings. The number of carbonyl (C=O) groups excluding carboxylic acids is 1. The van der Waals surface area contributed by atoms with Gasteiger partial charge in [0.1, 0.15) is 0 Å². The number of nitrogens with one attached hydrogen (secondary N) is 1. The molecular formula is C16H14ClF16NO. The van der Waals surface area contributed by atoms with Gasteiger partial charge in [-0.3, -0.25) is 4.79 Å². The van der Waals surface area contributed by atoms with E-state index in [1.807, 2.05) is 0 Å². The molecule has 0 aromatic carbocycles. The third-order valence-electron chi connectivity index (χ3n) is 5.20. The molecule has 1 N–H and O–H groups in total. The van der Waals surface area contributed by atoms with Gasteiger partial charge in [-0.25, -0.2) is 0 Å². The second-order valence-electron chi connectivity index (χ2n) is 7.68. The maximum Gasteiger partial charge on any atom is 0.393 e. The van der Waals surface area contributed by atoms with Gasteiger partial charge in [0.25, 0.3) is 5.91 Å². The zero-order chi connectivity index (χ0) is 28.1. The van der Waals surface area contributed by atoms with Crippen molar-refractivity contribution in [3.8, 4) is 0 Å². The van der Waals surface area contributed by atoms with Crippen molar-refractivity contribution in [1.82, 2.24) is 5.32 Å². The molecular weight excluding hydrogens is 562 g/mol. The van der Waals surface area contributed by atoms with Gasteiger partial charge in [0.05, 0.1) is 0 Å². The zero-order valence-electron chi connectivity index (χ0n) is 16.7. The van der Waals surface area contributed by atoms with Crippen LogP contribution in [-0.2, 0) is 4.79 Å². The first kappa shape index (κ1) is 31.7. The lowest BCUT2D eigenvalue weighted by Crippen LogP contribution is -2.75. The number of hydrogen-bond acceptors (Lipinski definition) is 1. The van der Waals surface area contributed by atoms with Crippen molar-refractivity contribution in [3.05, 3.63) is 0 Å². The van der Waals surface area contributed by atoms with Gasteiger partial charge < -0.3 is 5.32 Å². The van der Waals surface area contributed by atoms with E-state index in [2.05, 4.69) is 11.6 Å². The minimum absolute atomic E-state index is 0.175. The summed E-state index contributed by atoms with van der Waals surface area (Å²) in [4.78, 5) is 11.5. The number of rotatable bonds is 9. The zero-order valence-corrected chi connectivity index (χ0v) is 17.4. The van der Waals surface area contributed by atoms with Gasteiger partial charge in [0.2, 0.25) is 0 Å². The van der Waals surface area contributed by atoms with E-state index in [0.29, 0.717) is 12.8 Å². The van der Waals surface area contributed by atoms with E-state index >= 15 is 0 Å². The van der Waals surface area contributed by atoms with Crippen LogP contribution in [0.4, 0.5) is 70.2 Å². The SMILES string of the molecule is O=C(NC1CCCCCC1)C(F)(F)C(F)(F)C(F)(F)C(F)(F)C(F)(F)C(F)(F)C(F)(F)C(F)(F)Cl. The number of alkyl halides is 17. The molecule has 0 bridgehead atoms. The van der Waals surface area contributed by atoms with Gasteiger partial charge in [0.15, 0.2) is 0 Å². The summed E-state index contributed by atoms with van der Waals surface area (Å²) in [5.74, 6) is -60.0. The predicted molar refractivity (Wildman–Crippen MR) is 85.1 cm³/mol. The largest absolute Gasteiger partial charge is 0.393 e. The second-order valence-corrected chi connectivity index (χ2v) is 8.16. The molecule has 0 heterocycles. The Labute approximate surface area is 190 Å². The first-order valence-electron chi connectivity index (χ1n) is 9.27. The van der Waals surface area contributed by atoms with Crippen molar-refractivity contribution in [2.75, 3.05) is 0 Å². The Morgan fingerprint density at radius 1 is 0.543 bits per heavy atom. The molecule has 2 nitrogen and oxygen atoms in total. The van der Waals surface area contributed by atoms with Crippen LogP contribution in [0.25, 0.3) is 0 Å². The molecule has 1 aliphatic rings. The highest BCUT2D eigenvalue weighted by Gasteiger charge is 2.95. The van der Waals surface area contributed by atoms with Crippen molar-refractivity contribution in [3.63, 3.8) is 0 Å². The van der Waals surface area contributed by atoms with Crippen LogP contribution in [0.2, 0.25) is 0 Å². The molecule has 19 heteroatoms. The molecule has 0 unspecified atom stereocenters. The summed E-state index contributed by atoms with van der Waals surface area (Å²) in [6.45, 7) is 0. The Kier molecular flexibility index (Phi) is 8.31. The molecule has 0 aromatic heterocycles. The van der Waals surface area contributed by atoms with Crippen molar-refractivity contribution in [1.29, 1.82) is 0 Å². The van der Waals surface area contributed by atoms with E-state index in [9.17, 15) is 75.0 Å². The third-order valence-corrected chi connectivity index (χ3v) is 5.43. The van der Waals surface area contributed by atoms with Gasteiger partial charge in [-0.05, 0) is 24.4 Å². The summed E-state index contributed by atoms with van der Waals surface area (Å²) in [7, 11) is 0. The monoisotopic (exact) mass is 575 g/mol. The molecule has 0 spiro atoms. The highest BCUT2D eigenvalue weighted by molar-refractivity contribution is 6.22. The standard InChI is InChI=1S/C16H14ClF16NO/c17-16(32,33)15(30,31)14(28,29)13(26,27)12(24,25)11(22,23)10(20,21)9(18,19)8(35)34-7-5-3-1-2-4-6-7/h7H,1-6H2,(H,34,35). The average Bonchev–Trinajstić information content (AvgIpc) is 2.94. The lowest BCUT2D eigenvalue weighted by atomic mass is 9.89. The van der Waals surface area contributed by atoms with Gasteiger partial charge in [-0.2, -0.15) is 70.2 Å². The number of hydrogen-bond donors (Lipinski definition) is 1. The van der Waals surface area contributed by atoms with Crippen molar-refractivity contribution < 1.29 is 75.0 Å². The van der Waals surface area contributed by atoms with Gasteiger partial charge in [-0.15, -0.1) is 0 Å². The Hall–Kier alpha value is -1.36. The highest BCUT2D eigenvalue weighted by Crippen LogP contribution is 2.64. The molecule has 0 radical (unpaired) electrons. The van der Waals surface area contributed by atoms with Crippen LogP contribution in [0.3, 0.4) is 0 Å². The Balaban J connectivity index is 3.47. The van der Waals surface area contributed by atoms with Crippen LogP contribution < -0.4 is 5.32 Å². The summed E-state index contributed by atoms with van der Waals surface area (Å²) >= 11 is 3.44. The maximum absolute atomic E-state index is 13.9. The van der Waals surface area contributed by atoms with Crippen molar-refractivity contribution in [2.45, 2.75) is 91.4 Å². The molecule has 0 atom stereocenters. The lowest BCUT2D eigenvalue weighted by Gasteiger charge is -2.42. The Bertz CT molecular complexity index is 770. The minimum atomic E-state index is -8.58.